The maximum Gasteiger partial charge on any atom is 0.337 e. The molecule has 0 aliphatic carbocycles. The Hall–Kier alpha value is -2.93. The number of hydrazine groups is 1. The van der Waals surface area contributed by atoms with E-state index in [9.17, 15) is 4.79 Å². The Bertz CT molecular complexity index is 839. The molecule has 8 heteroatoms. The number of carbonyl (C=O) groups is 1. The van der Waals surface area contributed by atoms with Crippen molar-refractivity contribution in [1.82, 2.24) is 5.43 Å². The number of hydrogen-bond acceptors (Lipinski definition) is 2. The molecule has 0 spiro atoms. The van der Waals surface area contributed by atoms with Gasteiger partial charge in [0.05, 0.1) is 23.2 Å². The van der Waals surface area contributed by atoms with E-state index in [4.69, 9.17) is 36.3 Å². The molecule has 2 aromatic rings. The summed E-state index contributed by atoms with van der Waals surface area (Å²) in [6, 6.07) is 8.73. The molecule has 6 nitrogen and oxygen atoms in total. The van der Waals surface area contributed by atoms with E-state index < -0.39 is 6.03 Å². The van der Waals surface area contributed by atoms with Crippen LogP contribution in [-0.4, -0.2) is 6.03 Å². The van der Waals surface area contributed by atoms with Crippen LogP contribution in [0.15, 0.2) is 36.4 Å². The average molecular weight is 346 g/mol. The van der Waals surface area contributed by atoms with Gasteiger partial charge in [-0.25, -0.2) is 4.79 Å². The lowest BCUT2D eigenvalue weighted by Gasteiger charge is -2.11. The number of urea groups is 1. The van der Waals surface area contributed by atoms with Gasteiger partial charge in [0, 0.05) is 11.4 Å². The summed E-state index contributed by atoms with van der Waals surface area (Å²) >= 11 is 11.7. The van der Waals surface area contributed by atoms with E-state index >= 15 is 0 Å². The highest BCUT2D eigenvalue weighted by molar-refractivity contribution is 6.42. The molecule has 0 aromatic heterocycles. The minimum Gasteiger partial charge on any atom is -0.307 e. The predicted octanol–water partition coefficient (Wildman–Crippen LogP) is 5.24. The van der Waals surface area contributed by atoms with Crippen LogP contribution in [0, 0.1) is 13.1 Å². The van der Waals surface area contributed by atoms with Crippen LogP contribution in [-0.2, 0) is 0 Å². The molecule has 0 radical (unpaired) electrons. The van der Waals surface area contributed by atoms with E-state index in [-0.39, 0.29) is 11.4 Å². The van der Waals surface area contributed by atoms with Gasteiger partial charge in [-0.2, -0.15) is 0 Å². The van der Waals surface area contributed by atoms with Crippen LogP contribution in [0.5, 0.6) is 0 Å². The van der Waals surface area contributed by atoms with Gasteiger partial charge in [-0.3, -0.25) is 20.5 Å². The molecule has 0 unspecified atom stereocenters. The molecule has 2 aromatic carbocycles. The molecule has 0 saturated heterocycles. The summed E-state index contributed by atoms with van der Waals surface area (Å²) in [5, 5.41) is 3.29. The number of hydrogen-bond donors (Lipinski definition) is 3. The Balaban J connectivity index is 1.98. The fourth-order valence-corrected chi connectivity index (χ4v) is 1.95. The molecule has 0 fully saturated rings. The first kappa shape index (κ1) is 16.4. The van der Waals surface area contributed by atoms with Crippen LogP contribution in [0.2, 0.25) is 10.0 Å². The third-order valence-corrected chi connectivity index (χ3v) is 3.45. The lowest BCUT2D eigenvalue weighted by Crippen LogP contribution is -2.33. The third kappa shape index (κ3) is 4.27. The highest BCUT2D eigenvalue weighted by atomic mass is 35.5. The first-order chi connectivity index (χ1) is 11.0. The molecule has 0 bridgehead atoms. The van der Waals surface area contributed by atoms with Crippen LogP contribution in [0.25, 0.3) is 9.69 Å². The standard InChI is InChI=1S/C15H9Cl2N5O/c1-18-13-6-4-10(8-14(13)19-2)21-22-15(23)20-9-3-5-11(16)12(17)7-9/h3-8,21H,(H2,20,22,23). The van der Waals surface area contributed by atoms with Crippen molar-refractivity contribution in [2.45, 2.75) is 0 Å². The fourth-order valence-electron chi connectivity index (χ4n) is 1.65. The number of nitrogens with one attached hydrogen (secondary N) is 3. The lowest BCUT2D eigenvalue weighted by atomic mass is 10.2. The van der Waals surface area contributed by atoms with Crippen LogP contribution in [0.1, 0.15) is 0 Å². The molecular weight excluding hydrogens is 337 g/mol. The van der Waals surface area contributed by atoms with Gasteiger partial charge in [0.15, 0.2) is 11.4 Å². The monoisotopic (exact) mass is 345 g/mol. The van der Waals surface area contributed by atoms with Gasteiger partial charge in [-0.15, -0.1) is 0 Å². The Morgan fingerprint density at radius 2 is 1.61 bits per heavy atom. The van der Waals surface area contributed by atoms with Crippen molar-refractivity contribution in [2.75, 3.05) is 10.7 Å². The molecule has 114 valence electrons. The van der Waals surface area contributed by atoms with Crippen LogP contribution < -0.4 is 16.2 Å². The predicted molar refractivity (Wildman–Crippen MR) is 91.2 cm³/mol. The number of amides is 2. The number of rotatable bonds is 3. The number of halogens is 2. The van der Waals surface area contributed by atoms with E-state index in [2.05, 4.69) is 25.9 Å². The lowest BCUT2D eigenvalue weighted by molar-refractivity contribution is 0.254. The second kappa shape index (κ2) is 7.37. The summed E-state index contributed by atoms with van der Waals surface area (Å²) in [4.78, 5) is 18.3. The molecule has 2 rings (SSSR count). The fraction of sp³-hybridized carbons (Fsp3) is 0. The molecular formula is C15H9Cl2N5O. The molecule has 23 heavy (non-hydrogen) atoms. The zero-order valence-electron chi connectivity index (χ0n) is 11.5. The Morgan fingerprint density at radius 3 is 2.26 bits per heavy atom. The summed E-state index contributed by atoms with van der Waals surface area (Å²) in [6.07, 6.45) is 0. The van der Waals surface area contributed by atoms with E-state index in [0.29, 0.717) is 21.4 Å². The van der Waals surface area contributed by atoms with Gasteiger partial charge in [-0.1, -0.05) is 35.3 Å². The Morgan fingerprint density at radius 1 is 0.913 bits per heavy atom. The van der Waals surface area contributed by atoms with Crippen molar-refractivity contribution in [3.05, 3.63) is 69.3 Å². The maximum absolute atomic E-state index is 11.8. The highest BCUT2D eigenvalue weighted by Crippen LogP contribution is 2.30. The molecule has 0 aliphatic heterocycles. The van der Waals surface area contributed by atoms with Crippen LogP contribution in [0.3, 0.4) is 0 Å². The van der Waals surface area contributed by atoms with Gasteiger partial charge < -0.3 is 5.32 Å². The number of nitrogens with zero attached hydrogens (tertiary/aromatic N) is 2. The molecule has 3 N–H and O–H groups in total. The smallest absolute Gasteiger partial charge is 0.307 e. The van der Waals surface area contributed by atoms with Gasteiger partial charge >= 0.3 is 6.03 Å². The molecule has 0 atom stereocenters. The van der Waals surface area contributed by atoms with E-state index in [1.165, 1.54) is 18.2 Å². The second-order valence-electron chi connectivity index (χ2n) is 4.26. The zero-order chi connectivity index (χ0) is 16.8. The Labute approximate surface area is 142 Å². The number of carbonyl (C=O) groups excluding carboxylic acids is 1. The number of anilines is 2. The molecule has 0 aliphatic rings. The number of benzene rings is 2. The van der Waals surface area contributed by atoms with E-state index in [1.54, 1.807) is 18.2 Å². The van der Waals surface area contributed by atoms with Crippen molar-refractivity contribution in [2.24, 2.45) is 0 Å². The van der Waals surface area contributed by atoms with Crippen molar-refractivity contribution in [1.29, 1.82) is 0 Å². The molecule has 2 amide bonds. The van der Waals surface area contributed by atoms with Gasteiger partial charge in [0.1, 0.15) is 0 Å². The minimum absolute atomic E-state index is 0.205. The Kier molecular flexibility index (Phi) is 5.27. The van der Waals surface area contributed by atoms with Crippen molar-refractivity contribution < 1.29 is 4.79 Å². The van der Waals surface area contributed by atoms with Gasteiger partial charge in [0.2, 0.25) is 0 Å². The van der Waals surface area contributed by atoms with E-state index in [0.717, 1.165) is 0 Å². The van der Waals surface area contributed by atoms with Crippen molar-refractivity contribution in [3.63, 3.8) is 0 Å². The quantitative estimate of drug-likeness (QED) is 0.525. The highest BCUT2D eigenvalue weighted by Gasteiger charge is 2.06. The average Bonchev–Trinajstić information content (AvgIpc) is 2.56. The minimum atomic E-state index is -0.526. The van der Waals surface area contributed by atoms with Crippen molar-refractivity contribution in [3.8, 4) is 0 Å². The van der Waals surface area contributed by atoms with Crippen LogP contribution in [0.4, 0.5) is 27.5 Å². The summed E-state index contributed by atoms with van der Waals surface area (Å²) in [5.74, 6) is 0. The van der Waals surface area contributed by atoms with E-state index in [1.807, 2.05) is 0 Å². The molecule has 0 saturated carbocycles. The molecule has 0 heterocycles. The maximum atomic E-state index is 11.8. The summed E-state index contributed by atoms with van der Waals surface area (Å²) in [5.41, 5.74) is 6.48. The SMILES string of the molecule is [C-]#[N+]c1ccc(NNC(=O)Nc2ccc(Cl)c(Cl)c2)cc1[N+]#[C-]. The topological polar surface area (TPSA) is 61.9 Å². The first-order valence-corrected chi connectivity index (χ1v) is 6.96. The zero-order valence-corrected chi connectivity index (χ0v) is 13.0. The summed E-state index contributed by atoms with van der Waals surface area (Å²) in [7, 11) is 0. The summed E-state index contributed by atoms with van der Waals surface area (Å²) in [6.45, 7) is 14.0. The van der Waals surface area contributed by atoms with Gasteiger partial charge in [0.25, 0.3) is 0 Å². The normalized spacial score (nSPS) is 9.39. The third-order valence-electron chi connectivity index (χ3n) is 2.71. The van der Waals surface area contributed by atoms with Gasteiger partial charge in [-0.05, 0) is 24.3 Å². The summed E-state index contributed by atoms with van der Waals surface area (Å²) < 4.78 is 0. The largest absolute Gasteiger partial charge is 0.337 e. The van der Waals surface area contributed by atoms with Crippen molar-refractivity contribution >= 4 is 52.0 Å². The second-order valence-corrected chi connectivity index (χ2v) is 5.07. The van der Waals surface area contributed by atoms with Crippen LogP contribution >= 0.6 is 23.2 Å². The first-order valence-electron chi connectivity index (χ1n) is 6.20.